The number of carbonyl (C=O) groups excluding carboxylic acids is 2. The molecule has 2 amide bonds. The molecule has 2 aliphatic heterocycles. The Hall–Kier alpha value is -4.11. The third-order valence-corrected chi connectivity index (χ3v) is 7.98. The molecule has 1 saturated heterocycles. The molecular weight excluding hydrogens is 543 g/mol. The highest BCUT2D eigenvalue weighted by Gasteiger charge is 2.39. The number of hydrogen-bond acceptors (Lipinski definition) is 4. The van der Waals surface area contributed by atoms with Crippen LogP contribution in [0.3, 0.4) is 0 Å². The number of aryl methyl sites for hydroxylation is 1. The second-order valence-electron chi connectivity index (χ2n) is 10.8. The van der Waals surface area contributed by atoms with E-state index in [9.17, 15) is 22.8 Å². The first-order chi connectivity index (χ1) is 20.2. The monoisotopic (exact) mass is 577 g/mol. The molecule has 5 rings (SSSR count). The number of carbonyl (C=O) groups is 2. The van der Waals surface area contributed by atoms with Crippen molar-refractivity contribution in [1.29, 1.82) is 0 Å². The van der Waals surface area contributed by atoms with Gasteiger partial charge in [0.15, 0.2) is 17.4 Å². The maximum Gasteiger partial charge on any atom is 0.249 e. The van der Waals surface area contributed by atoms with Gasteiger partial charge in [-0.2, -0.15) is 4.39 Å². The molecule has 6 nitrogen and oxygen atoms in total. The van der Waals surface area contributed by atoms with Gasteiger partial charge in [0, 0.05) is 44.6 Å². The number of nitrogens with zero attached hydrogens (tertiary/aromatic N) is 1. The molecule has 220 valence electrons. The number of ether oxygens (including phenoxy) is 1. The fourth-order valence-electron chi connectivity index (χ4n) is 5.72. The first-order valence-electron chi connectivity index (χ1n) is 14.1. The Bertz CT molecular complexity index is 1510. The van der Waals surface area contributed by atoms with Gasteiger partial charge in [-0.25, -0.2) is 8.78 Å². The quantitative estimate of drug-likeness (QED) is 0.361. The highest BCUT2D eigenvalue weighted by Crippen LogP contribution is 2.33. The maximum atomic E-state index is 13.9. The van der Waals surface area contributed by atoms with Crippen molar-refractivity contribution in [1.82, 2.24) is 15.5 Å². The highest BCUT2D eigenvalue weighted by molar-refractivity contribution is 6.03. The van der Waals surface area contributed by atoms with Crippen molar-refractivity contribution in [3.05, 3.63) is 106 Å². The Balaban J connectivity index is 1.32. The van der Waals surface area contributed by atoms with Crippen LogP contribution in [0.1, 0.15) is 35.6 Å². The van der Waals surface area contributed by atoms with Gasteiger partial charge in [0.1, 0.15) is 0 Å². The summed E-state index contributed by atoms with van der Waals surface area (Å²) < 4.78 is 46.4. The Morgan fingerprint density at radius 1 is 0.976 bits per heavy atom. The summed E-state index contributed by atoms with van der Waals surface area (Å²) in [6, 6.07) is 17.0. The molecule has 0 radical (unpaired) electrons. The minimum absolute atomic E-state index is 0.0150. The van der Waals surface area contributed by atoms with Crippen LogP contribution in [0.15, 0.2) is 66.2 Å². The summed E-state index contributed by atoms with van der Waals surface area (Å²) in [6.45, 7) is 5.03. The first kappa shape index (κ1) is 29.4. The number of fused-ring (bicyclic) bond motifs is 2. The average Bonchev–Trinajstić information content (AvgIpc) is 2.97. The van der Waals surface area contributed by atoms with Crippen LogP contribution in [0.5, 0.6) is 5.75 Å². The summed E-state index contributed by atoms with van der Waals surface area (Å²) in [5.74, 6) is -4.37. The van der Waals surface area contributed by atoms with Gasteiger partial charge < -0.3 is 20.3 Å². The van der Waals surface area contributed by atoms with Gasteiger partial charge in [-0.1, -0.05) is 48.5 Å². The Labute approximate surface area is 243 Å². The molecule has 42 heavy (non-hydrogen) atoms. The van der Waals surface area contributed by atoms with E-state index in [0.717, 1.165) is 28.8 Å². The standard InChI is InChI=1S/C33H34F3N3O3/c1-20-5-3-4-6-23(20)13-15-37-33(41)30-26(17-25-18-39(21(2)40)19-29(30)38-25)24-9-7-22(8-10-24)14-16-42-32-28(35)12-11-27(34)31(32)36/h3-12,25,29,38H,13-19H2,1-2H3,(H,37,41)/t25-,29-/m0/s1. The highest BCUT2D eigenvalue weighted by atomic mass is 19.2. The number of hydrogen-bond donors (Lipinski definition) is 2. The summed E-state index contributed by atoms with van der Waals surface area (Å²) in [6.07, 6.45) is 1.64. The van der Waals surface area contributed by atoms with Crippen LogP contribution in [0.2, 0.25) is 0 Å². The van der Waals surface area contributed by atoms with Crippen LogP contribution in [0.25, 0.3) is 5.57 Å². The van der Waals surface area contributed by atoms with Crippen LogP contribution in [-0.2, 0) is 22.4 Å². The molecule has 3 aromatic carbocycles. The largest absolute Gasteiger partial charge is 0.487 e. The van der Waals surface area contributed by atoms with E-state index >= 15 is 0 Å². The van der Waals surface area contributed by atoms with Crippen molar-refractivity contribution < 1.29 is 27.5 Å². The van der Waals surface area contributed by atoms with E-state index < -0.39 is 23.2 Å². The van der Waals surface area contributed by atoms with Crippen molar-refractivity contribution in [3.8, 4) is 5.75 Å². The normalized spacial score (nSPS) is 18.2. The van der Waals surface area contributed by atoms with Crippen molar-refractivity contribution in [2.75, 3.05) is 26.2 Å². The number of rotatable bonds is 9. The van der Waals surface area contributed by atoms with E-state index in [1.165, 1.54) is 11.1 Å². The molecule has 0 aromatic heterocycles. The van der Waals surface area contributed by atoms with Gasteiger partial charge in [-0.15, -0.1) is 0 Å². The van der Waals surface area contributed by atoms with Gasteiger partial charge in [0.25, 0.3) is 0 Å². The van der Waals surface area contributed by atoms with Crippen LogP contribution in [0.4, 0.5) is 13.2 Å². The predicted octanol–water partition coefficient (Wildman–Crippen LogP) is 4.74. The van der Waals surface area contributed by atoms with Gasteiger partial charge in [-0.05, 0) is 59.7 Å². The summed E-state index contributed by atoms with van der Waals surface area (Å²) in [5, 5.41) is 6.63. The van der Waals surface area contributed by atoms with Gasteiger partial charge >= 0.3 is 0 Å². The minimum Gasteiger partial charge on any atom is -0.487 e. The summed E-state index contributed by atoms with van der Waals surface area (Å²) in [4.78, 5) is 27.6. The summed E-state index contributed by atoms with van der Waals surface area (Å²) in [5.41, 5.74) is 5.69. The number of nitrogens with one attached hydrogen (secondary N) is 2. The van der Waals surface area contributed by atoms with Gasteiger partial charge in [-0.3, -0.25) is 9.59 Å². The van der Waals surface area contributed by atoms with Crippen LogP contribution in [0, 0.1) is 24.4 Å². The Kier molecular flexibility index (Phi) is 8.97. The van der Waals surface area contributed by atoms with Crippen LogP contribution >= 0.6 is 0 Å². The Morgan fingerprint density at radius 2 is 1.71 bits per heavy atom. The van der Waals surface area contributed by atoms with Crippen LogP contribution < -0.4 is 15.4 Å². The zero-order chi connectivity index (χ0) is 29.8. The molecule has 2 heterocycles. The lowest BCUT2D eigenvalue weighted by Gasteiger charge is -2.44. The van der Waals surface area contributed by atoms with Gasteiger partial charge in [0.2, 0.25) is 17.6 Å². The molecule has 2 aliphatic rings. The minimum atomic E-state index is -1.35. The van der Waals surface area contributed by atoms with Crippen molar-refractivity contribution in [3.63, 3.8) is 0 Å². The summed E-state index contributed by atoms with van der Waals surface area (Å²) in [7, 11) is 0. The lowest BCUT2D eigenvalue weighted by molar-refractivity contribution is -0.131. The number of amides is 2. The molecule has 2 bridgehead atoms. The predicted molar refractivity (Wildman–Crippen MR) is 154 cm³/mol. The third-order valence-electron chi connectivity index (χ3n) is 7.98. The van der Waals surface area contributed by atoms with E-state index in [0.29, 0.717) is 44.5 Å². The molecule has 0 aliphatic carbocycles. The van der Waals surface area contributed by atoms with E-state index in [2.05, 4.69) is 29.7 Å². The van der Waals surface area contributed by atoms with Crippen molar-refractivity contribution in [2.45, 2.75) is 45.2 Å². The molecule has 3 aromatic rings. The second kappa shape index (κ2) is 12.8. The van der Waals surface area contributed by atoms with Crippen molar-refractivity contribution in [2.24, 2.45) is 0 Å². The fraction of sp³-hybridized carbons (Fsp3) is 0.333. The molecule has 9 heteroatoms. The molecule has 0 saturated carbocycles. The fourth-order valence-corrected chi connectivity index (χ4v) is 5.72. The molecule has 0 unspecified atom stereocenters. The molecule has 2 atom stereocenters. The second-order valence-corrected chi connectivity index (χ2v) is 10.8. The zero-order valence-corrected chi connectivity index (χ0v) is 23.7. The Morgan fingerprint density at radius 3 is 2.45 bits per heavy atom. The average molecular weight is 578 g/mol. The van der Waals surface area contributed by atoms with Crippen molar-refractivity contribution >= 4 is 17.4 Å². The number of halogens is 3. The smallest absolute Gasteiger partial charge is 0.249 e. The molecule has 2 N–H and O–H groups in total. The SMILES string of the molecule is CC(=O)N1C[C@@H]2CC(c3ccc(CCOc4c(F)ccc(F)c4F)cc3)=C(C(=O)NCCc3ccccc3C)[C@H](C1)N2. The zero-order valence-electron chi connectivity index (χ0n) is 23.7. The lowest BCUT2D eigenvalue weighted by Crippen LogP contribution is -2.61. The van der Waals surface area contributed by atoms with Gasteiger partial charge in [0.05, 0.1) is 12.6 Å². The molecular formula is C33H34F3N3O3. The van der Waals surface area contributed by atoms with E-state index in [-0.39, 0.29) is 30.5 Å². The van der Waals surface area contributed by atoms with E-state index in [1.807, 2.05) is 36.4 Å². The lowest BCUT2D eigenvalue weighted by atomic mass is 9.83. The number of benzene rings is 3. The molecule has 0 spiro atoms. The van der Waals surface area contributed by atoms with E-state index in [4.69, 9.17) is 4.74 Å². The molecule has 1 fully saturated rings. The third kappa shape index (κ3) is 6.51. The summed E-state index contributed by atoms with van der Waals surface area (Å²) >= 11 is 0. The number of piperazine rings is 1. The van der Waals surface area contributed by atoms with Crippen LogP contribution in [-0.4, -0.2) is 55.0 Å². The topological polar surface area (TPSA) is 70.7 Å². The first-order valence-corrected chi connectivity index (χ1v) is 14.1. The van der Waals surface area contributed by atoms with E-state index in [1.54, 1.807) is 11.8 Å². The maximum absolute atomic E-state index is 13.9.